The number of aryl methyl sites for hydroxylation is 1. The Morgan fingerprint density at radius 2 is 2.12 bits per heavy atom. The number of carboxylic acids is 1. The summed E-state index contributed by atoms with van der Waals surface area (Å²) in [5.41, 5.74) is 1.23. The van der Waals surface area contributed by atoms with E-state index in [-0.39, 0.29) is 11.6 Å². The second kappa shape index (κ2) is 5.95. The monoisotopic (exact) mass is 330 g/mol. The van der Waals surface area contributed by atoms with E-state index in [0.29, 0.717) is 24.6 Å². The Labute approximate surface area is 138 Å². The lowest BCUT2D eigenvalue weighted by molar-refractivity contribution is 0.0591. The molecule has 0 spiro atoms. The molecule has 1 N–H and O–H groups in total. The van der Waals surface area contributed by atoms with Crippen LogP contribution in [0.5, 0.6) is 0 Å². The Morgan fingerprint density at radius 3 is 2.71 bits per heavy atom. The van der Waals surface area contributed by atoms with Gasteiger partial charge in [-0.25, -0.2) is 19.6 Å². The standard InChI is InChI=1S/C16H18N4O4/c1-9-7-19(13-5-4-11(6-17-13)15(21)22)8-12-14(16(23)24-3)18-10(2)20(9)12/h4-6,9H,7-8H2,1-3H3,(H,21,22)/t9-/m1/s1. The number of methoxy groups -OCH3 is 1. The topological polar surface area (TPSA) is 97.6 Å². The fourth-order valence-electron chi connectivity index (χ4n) is 3.11. The average molecular weight is 330 g/mol. The van der Waals surface area contributed by atoms with Gasteiger partial charge in [-0.05, 0) is 26.0 Å². The first kappa shape index (κ1) is 16.0. The fourth-order valence-corrected chi connectivity index (χ4v) is 3.11. The van der Waals surface area contributed by atoms with Crippen molar-refractivity contribution >= 4 is 17.8 Å². The number of hydrogen-bond acceptors (Lipinski definition) is 6. The third kappa shape index (κ3) is 2.60. The van der Waals surface area contributed by atoms with Crippen molar-refractivity contribution < 1.29 is 19.4 Å². The van der Waals surface area contributed by atoms with Crippen molar-refractivity contribution in [2.45, 2.75) is 26.4 Å². The molecule has 0 aliphatic carbocycles. The first-order valence-electron chi connectivity index (χ1n) is 7.52. The molecule has 0 amide bonds. The number of ether oxygens (including phenoxy) is 1. The third-order valence-corrected chi connectivity index (χ3v) is 4.15. The number of rotatable bonds is 3. The molecular weight excluding hydrogens is 312 g/mol. The molecule has 3 heterocycles. The van der Waals surface area contributed by atoms with Crippen LogP contribution in [0, 0.1) is 6.92 Å². The first-order valence-corrected chi connectivity index (χ1v) is 7.52. The minimum atomic E-state index is -1.01. The summed E-state index contributed by atoms with van der Waals surface area (Å²) in [6.07, 6.45) is 1.33. The number of carbonyl (C=O) groups excluding carboxylic acids is 1. The van der Waals surface area contributed by atoms with E-state index in [1.54, 1.807) is 6.07 Å². The van der Waals surface area contributed by atoms with Gasteiger partial charge in [0.2, 0.25) is 0 Å². The summed E-state index contributed by atoms with van der Waals surface area (Å²) in [6.45, 7) is 5.04. The molecule has 1 aliphatic rings. The molecule has 0 bridgehead atoms. The summed E-state index contributed by atoms with van der Waals surface area (Å²) in [4.78, 5) is 33.5. The maximum Gasteiger partial charge on any atom is 0.358 e. The molecule has 1 aliphatic heterocycles. The normalized spacial score (nSPS) is 16.6. The van der Waals surface area contributed by atoms with Crippen LogP contribution in [0.1, 0.15) is 45.3 Å². The van der Waals surface area contributed by atoms with Gasteiger partial charge in [-0.2, -0.15) is 0 Å². The minimum absolute atomic E-state index is 0.0978. The zero-order chi connectivity index (χ0) is 17.4. The second-order valence-corrected chi connectivity index (χ2v) is 5.76. The van der Waals surface area contributed by atoms with E-state index in [9.17, 15) is 9.59 Å². The van der Waals surface area contributed by atoms with Crippen molar-refractivity contribution in [2.75, 3.05) is 18.6 Å². The van der Waals surface area contributed by atoms with Crippen LogP contribution >= 0.6 is 0 Å². The van der Waals surface area contributed by atoms with Gasteiger partial charge < -0.3 is 19.3 Å². The maximum atomic E-state index is 12.0. The molecule has 2 aromatic heterocycles. The number of aromatic nitrogens is 3. The van der Waals surface area contributed by atoms with Crippen LogP contribution in [0.2, 0.25) is 0 Å². The Bertz CT molecular complexity index is 797. The van der Waals surface area contributed by atoms with E-state index >= 15 is 0 Å². The van der Waals surface area contributed by atoms with Crippen LogP contribution in [0.15, 0.2) is 18.3 Å². The van der Waals surface area contributed by atoms with Gasteiger partial charge in [0.05, 0.1) is 24.9 Å². The van der Waals surface area contributed by atoms with Crippen LogP contribution in [0.3, 0.4) is 0 Å². The summed E-state index contributed by atoms with van der Waals surface area (Å²) < 4.78 is 6.86. The first-order chi connectivity index (χ1) is 11.4. The summed E-state index contributed by atoms with van der Waals surface area (Å²) >= 11 is 0. The summed E-state index contributed by atoms with van der Waals surface area (Å²) in [5.74, 6) is -0.0441. The van der Waals surface area contributed by atoms with Crippen molar-refractivity contribution in [2.24, 2.45) is 0 Å². The Morgan fingerprint density at radius 1 is 1.38 bits per heavy atom. The summed E-state index contributed by atoms with van der Waals surface area (Å²) in [7, 11) is 1.33. The minimum Gasteiger partial charge on any atom is -0.478 e. The van der Waals surface area contributed by atoms with Crippen LogP contribution in [0.25, 0.3) is 0 Å². The summed E-state index contributed by atoms with van der Waals surface area (Å²) in [5, 5.41) is 8.97. The number of carboxylic acid groups (broad SMARTS) is 1. The van der Waals surface area contributed by atoms with E-state index in [2.05, 4.69) is 9.97 Å². The number of carbonyl (C=O) groups is 2. The van der Waals surface area contributed by atoms with Crippen molar-refractivity contribution in [1.29, 1.82) is 0 Å². The Kier molecular flexibility index (Phi) is 3.96. The van der Waals surface area contributed by atoms with Gasteiger partial charge in [-0.1, -0.05) is 0 Å². The van der Waals surface area contributed by atoms with Gasteiger partial charge in [-0.3, -0.25) is 0 Å². The fraction of sp³-hybridized carbons (Fsp3) is 0.375. The van der Waals surface area contributed by atoms with E-state index in [1.165, 1.54) is 19.4 Å². The van der Waals surface area contributed by atoms with E-state index in [0.717, 1.165) is 11.5 Å². The number of aromatic carboxylic acids is 1. The molecule has 0 saturated heterocycles. The number of fused-ring (bicyclic) bond motifs is 1. The molecule has 8 heteroatoms. The molecule has 126 valence electrons. The molecule has 0 aromatic carbocycles. The van der Waals surface area contributed by atoms with Crippen LogP contribution in [-0.2, 0) is 11.3 Å². The quantitative estimate of drug-likeness (QED) is 0.855. The number of anilines is 1. The number of hydrogen-bond donors (Lipinski definition) is 1. The summed E-state index contributed by atoms with van der Waals surface area (Å²) in [6, 6.07) is 3.29. The lowest BCUT2D eigenvalue weighted by Crippen LogP contribution is -2.37. The molecule has 1 atom stereocenters. The second-order valence-electron chi connectivity index (χ2n) is 5.76. The predicted molar refractivity (Wildman–Crippen MR) is 85.3 cm³/mol. The number of pyridine rings is 1. The van der Waals surface area contributed by atoms with Crippen molar-refractivity contribution in [1.82, 2.24) is 14.5 Å². The van der Waals surface area contributed by atoms with Gasteiger partial charge in [0.15, 0.2) is 5.69 Å². The number of imidazole rings is 1. The van der Waals surface area contributed by atoms with E-state index in [1.807, 2.05) is 23.3 Å². The molecule has 2 aromatic rings. The molecule has 24 heavy (non-hydrogen) atoms. The van der Waals surface area contributed by atoms with Crippen molar-refractivity contribution in [3.05, 3.63) is 41.1 Å². The highest BCUT2D eigenvalue weighted by molar-refractivity contribution is 5.89. The Hall–Kier alpha value is -2.90. The van der Waals surface area contributed by atoms with E-state index < -0.39 is 11.9 Å². The Balaban J connectivity index is 1.96. The van der Waals surface area contributed by atoms with Crippen molar-refractivity contribution in [3.63, 3.8) is 0 Å². The highest BCUT2D eigenvalue weighted by Gasteiger charge is 2.30. The van der Waals surface area contributed by atoms with Gasteiger partial charge in [0.25, 0.3) is 0 Å². The number of esters is 1. The predicted octanol–water partition coefficient (Wildman–Crippen LogP) is 1.65. The molecule has 0 unspecified atom stereocenters. The lowest BCUT2D eigenvalue weighted by Gasteiger charge is -2.34. The zero-order valence-electron chi connectivity index (χ0n) is 13.7. The average Bonchev–Trinajstić information content (AvgIpc) is 2.91. The molecule has 3 rings (SSSR count). The van der Waals surface area contributed by atoms with Gasteiger partial charge >= 0.3 is 11.9 Å². The smallest absolute Gasteiger partial charge is 0.358 e. The SMILES string of the molecule is COC(=O)c1nc(C)n2c1CN(c1ccc(C(=O)O)cn1)C[C@H]2C. The largest absolute Gasteiger partial charge is 0.478 e. The zero-order valence-corrected chi connectivity index (χ0v) is 13.7. The molecule has 0 radical (unpaired) electrons. The van der Waals surface area contributed by atoms with Gasteiger partial charge in [-0.15, -0.1) is 0 Å². The highest BCUT2D eigenvalue weighted by Crippen LogP contribution is 2.29. The molecule has 0 fully saturated rings. The molecular formula is C16H18N4O4. The lowest BCUT2D eigenvalue weighted by atomic mass is 10.1. The van der Waals surface area contributed by atoms with Crippen LogP contribution in [0.4, 0.5) is 5.82 Å². The van der Waals surface area contributed by atoms with Crippen LogP contribution in [-0.4, -0.2) is 45.2 Å². The van der Waals surface area contributed by atoms with Gasteiger partial charge in [0, 0.05) is 18.8 Å². The molecule has 8 nitrogen and oxygen atoms in total. The van der Waals surface area contributed by atoms with E-state index in [4.69, 9.17) is 9.84 Å². The molecule has 0 saturated carbocycles. The van der Waals surface area contributed by atoms with Crippen LogP contribution < -0.4 is 4.90 Å². The van der Waals surface area contributed by atoms with Crippen molar-refractivity contribution in [3.8, 4) is 0 Å². The van der Waals surface area contributed by atoms with Gasteiger partial charge in [0.1, 0.15) is 11.6 Å². The maximum absolute atomic E-state index is 12.0. The highest BCUT2D eigenvalue weighted by atomic mass is 16.5. The number of nitrogens with zero attached hydrogens (tertiary/aromatic N) is 4. The third-order valence-electron chi connectivity index (χ3n) is 4.15.